The highest BCUT2D eigenvalue weighted by molar-refractivity contribution is 5.77. The van der Waals surface area contributed by atoms with Gasteiger partial charge in [0, 0.05) is 13.6 Å². The third-order valence-corrected chi connectivity index (χ3v) is 3.97. The zero-order chi connectivity index (χ0) is 12.7. The Morgan fingerprint density at radius 3 is 2.78 bits per heavy atom. The van der Waals surface area contributed by atoms with E-state index in [-0.39, 0.29) is 0 Å². The second-order valence-corrected chi connectivity index (χ2v) is 5.37. The molecule has 0 aliphatic heterocycles. The molecule has 0 radical (unpaired) electrons. The number of nitrogens with zero attached hydrogens (tertiary/aromatic N) is 4. The van der Waals surface area contributed by atoms with Crippen LogP contribution in [0.15, 0.2) is 0 Å². The van der Waals surface area contributed by atoms with Crippen molar-refractivity contribution in [1.29, 1.82) is 0 Å². The molecule has 1 aliphatic carbocycles. The van der Waals surface area contributed by atoms with Gasteiger partial charge in [-0.2, -0.15) is 5.10 Å². The maximum Gasteiger partial charge on any atom is 0.202 e. The van der Waals surface area contributed by atoms with Crippen molar-refractivity contribution in [3.8, 4) is 0 Å². The number of nitrogens with two attached hydrogens (primary N) is 1. The number of anilines is 1. The first-order chi connectivity index (χ1) is 8.70. The second-order valence-electron chi connectivity index (χ2n) is 5.37. The highest BCUT2D eigenvalue weighted by atomic mass is 15.3. The third kappa shape index (κ3) is 1.69. The maximum absolute atomic E-state index is 6.07. The predicted molar refractivity (Wildman–Crippen MR) is 72.2 cm³/mol. The van der Waals surface area contributed by atoms with Crippen molar-refractivity contribution < 1.29 is 0 Å². The molecule has 1 saturated carbocycles. The lowest BCUT2D eigenvalue weighted by Gasteiger charge is -2.26. The van der Waals surface area contributed by atoms with Crippen LogP contribution in [0.4, 0.5) is 5.95 Å². The van der Waals surface area contributed by atoms with Crippen LogP contribution in [0.25, 0.3) is 11.2 Å². The Balaban J connectivity index is 2.04. The van der Waals surface area contributed by atoms with Gasteiger partial charge < -0.3 is 5.73 Å². The summed E-state index contributed by atoms with van der Waals surface area (Å²) in [4.78, 5) is 4.52. The molecule has 0 spiro atoms. The van der Waals surface area contributed by atoms with Gasteiger partial charge in [-0.05, 0) is 25.2 Å². The van der Waals surface area contributed by atoms with E-state index in [0.717, 1.165) is 42.2 Å². The van der Waals surface area contributed by atoms with E-state index in [0.29, 0.717) is 5.95 Å². The summed E-state index contributed by atoms with van der Waals surface area (Å²) >= 11 is 0. The number of aromatic nitrogens is 4. The van der Waals surface area contributed by atoms with Crippen LogP contribution in [0.1, 0.15) is 38.3 Å². The fourth-order valence-electron chi connectivity index (χ4n) is 2.78. The molecule has 3 rings (SSSR count). The molecule has 5 nitrogen and oxygen atoms in total. The number of hydrogen-bond acceptors (Lipinski definition) is 3. The average molecular weight is 247 g/mol. The number of aryl methyl sites for hydroxylation is 2. The standard InChI is InChI=1S/C13H21N5/c1-3-5-10-11-12(17(2)16-10)18(13(14)15-11)8-9-6-4-7-9/h9H,3-8H2,1-2H3,(H2,14,15). The first-order valence-corrected chi connectivity index (χ1v) is 6.88. The van der Waals surface area contributed by atoms with Crippen LogP contribution in [0.2, 0.25) is 0 Å². The minimum absolute atomic E-state index is 0.641. The molecule has 0 bridgehead atoms. The molecule has 1 aliphatic rings. The van der Waals surface area contributed by atoms with E-state index in [9.17, 15) is 0 Å². The van der Waals surface area contributed by atoms with Gasteiger partial charge in [0.2, 0.25) is 5.95 Å². The molecule has 0 aromatic carbocycles. The van der Waals surface area contributed by atoms with Crippen LogP contribution < -0.4 is 5.73 Å². The van der Waals surface area contributed by atoms with E-state index in [1.807, 2.05) is 11.7 Å². The van der Waals surface area contributed by atoms with E-state index in [4.69, 9.17) is 5.73 Å². The minimum Gasteiger partial charge on any atom is -0.369 e. The van der Waals surface area contributed by atoms with Crippen molar-refractivity contribution in [2.24, 2.45) is 13.0 Å². The van der Waals surface area contributed by atoms with Crippen LogP contribution in [-0.2, 0) is 20.0 Å². The van der Waals surface area contributed by atoms with Gasteiger partial charge >= 0.3 is 0 Å². The van der Waals surface area contributed by atoms with Crippen molar-refractivity contribution in [3.63, 3.8) is 0 Å². The summed E-state index contributed by atoms with van der Waals surface area (Å²) in [5.41, 5.74) is 9.23. The fourth-order valence-corrected chi connectivity index (χ4v) is 2.78. The topological polar surface area (TPSA) is 61.7 Å². The Hall–Kier alpha value is -1.52. The van der Waals surface area contributed by atoms with Crippen molar-refractivity contribution in [3.05, 3.63) is 5.69 Å². The number of rotatable bonds is 4. The van der Waals surface area contributed by atoms with Gasteiger partial charge in [0.1, 0.15) is 5.52 Å². The van der Waals surface area contributed by atoms with E-state index in [1.165, 1.54) is 19.3 Å². The Bertz CT molecular complexity index is 561. The monoisotopic (exact) mass is 247 g/mol. The second kappa shape index (κ2) is 4.30. The number of nitrogen functional groups attached to an aromatic ring is 1. The largest absolute Gasteiger partial charge is 0.369 e. The molecule has 98 valence electrons. The van der Waals surface area contributed by atoms with Gasteiger partial charge in [0.05, 0.1) is 5.69 Å². The zero-order valence-corrected chi connectivity index (χ0v) is 11.2. The smallest absolute Gasteiger partial charge is 0.202 e. The third-order valence-electron chi connectivity index (χ3n) is 3.97. The lowest BCUT2D eigenvalue weighted by Crippen LogP contribution is -2.20. The fraction of sp³-hybridized carbons (Fsp3) is 0.692. The number of imidazole rings is 1. The summed E-state index contributed by atoms with van der Waals surface area (Å²) in [6.45, 7) is 3.16. The van der Waals surface area contributed by atoms with E-state index < -0.39 is 0 Å². The summed E-state index contributed by atoms with van der Waals surface area (Å²) in [6.07, 6.45) is 6.05. The van der Waals surface area contributed by atoms with Crippen molar-refractivity contribution in [1.82, 2.24) is 19.3 Å². The molecule has 0 atom stereocenters. The Morgan fingerprint density at radius 2 is 2.17 bits per heavy atom. The normalized spacial score (nSPS) is 16.3. The molecular weight excluding hydrogens is 226 g/mol. The van der Waals surface area contributed by atoms with Gasteiger partial charge in [-0.15, -0.1) is 0 Å². The molecule has 0 saturated heterocycles. The van der Waals surface area contributed by atoms with E-state index in [2.05, 4.69) is 21.6 Å². The zero-order valence-electron chi connectivity index (χ0n) is 11.2. The predicted octanol–water partition coefficient (Wildman–Crippen LogP) is 2.10. The first kappa shape index (κ1) is 11.6. The quantitative estimate of drug-likeness (QED) is 0.900. The van der Waals surface area contributed by atoms with Gasteiger partial charge in [-0.1, -0.05) is 19.8 Å². The van der Waals surface area contributed by atoms with Crippen LogP contribution in [0, 0.1) is 5.92 Å². The lowest BCUT2D eigenvalue weighted by atomic mass is 9.85. The molecule has 2 N–H and O–H groups in total. The van der Waals surface area contributed by atoms with E-state index in [1.54, 1.807) is 0 Å². The molecule has 2 aromatic heterocycles. The minimum atomic E-state index is 0.641. The van der Waals surface area contributed by atoms with Gasteiger partial charge in [0.25, 0.3) is 0 Å². The number of hydrogen-bond donors (Lipinski definition) is 1. The van der Waals surface area contributed by atoms with Crippen molar-refractivity contribution >= 4 is 17.1 Å². The summed E-state index contributed by atoms with van der Waals surface area (Å²) in [5, 5.41) is 4.57. The maximum atomic E-state index is 6.07. The Labute approximate surface area is 107 Å². The van der Waals surface area contributed by atoms with Crippen molar-refractivity contribution in [2.45, 2.75) is 45.6 Å². The number of fused-ring (bicyclic) bond motifs is 1. The highest BCUT2D eigenvalue weighted by Crippen LogP contribution is 2.31. The molecule has 5 heteroatoms. The molecule has 2 aromatic rings. The van der Waals surface area contributed by atoms with Crippen molar-refractivity contribution in [2.75, 3.05) is 5.73 Å². The van der Waals surface area contributed by atoms with Crippen LogP contribution >= 0.6 is 0 Å². The van der Waals surface area contributed by atoms with Crippen LogP contribution in [0.3, 0.4) is 0 Å². The van der Waals surface area contributed by atoms with Gasteiger partial charge in [-0.3, -0.25) is 9.25 Å². The molecule has 1 fully saturated rings. The molecule has 0 amide bonds. The average Bonchev–Trinajstić information content (AvgIpc) is 2.73. The molecule has 2 heterocycles. The van der Waals surface area contributed by atoms with Crippen LogP contribution in [0.5, 0.6) is 0 Å². The van der Waals surface area contributed by atoms with Crippen LogP contribution in [-0.4, -0.2) is 19.3 Å². The SMILES string of the molecule is CCCc1nn(C)c2c1nc(N)n2CC1CCC1. The summed E-state index contributed by atoms with van der Waals surface area (Å²) < 4.78 is 4.08. The molecular formula is C13H21N5. The Morgan fingerprint density at radius 1 is 1.39 bits per heavy atom. The molecule has 0 unspecified atom stereocenters. The summed E-state index contributed by atoms with van der Waals surface area (Å²) in [7, 11) is 1.99. The first-order valence-electron chi connectivity index (χ1n) is 6.88. The Kier molecular flexibility index (Phi) is 2.76. The van der Waals surface area contributed by atoms with E-state index >= 15 is 0 Å². The van der Waals surface area contributed by atoms with Gasteiger partial charge in [-0.25, -0.2) is 4.98 Å². The summed E-state index contributed by atoms with van der Waals surface area (Å²) in [6, 6.07) is 0. The molecule has 18 heavy (non-hydrogen) atoms. The highest BCUT2D eigenvalue weighted by Gasteiger charge is 2.23. The lowest BCUT2D eigenvalue weighted by molar-refractivity contribution is 0.279. The summed E-state index contributed by atoms with van der Waals surface area (Å²) in [5.74, 6) is 1.41. The van der Waals surface area contributed by atoms with Gasteiger partial charge in [0.15, 0.2) is 5.65 Å².